The molecular weight excluding hydrogens is 152 g/mol. The summed E-state index contributed by atoms with van der Waals surface area (Å²) >= 11 is 0. The van der Waals surface area contributed by atoms with Gasteiger partial charge in [-0.05, 0) is 18.1 Å². The van der Waals surface area contributed by atoms with Gasteiger partial charge in [-0.3, -0.25) is 0 Å². The van der Waals surface area contributed by atoms with Crippen molar-refractivity contribution in [3.8, 4) is 11.5 Å². The number of ether oxygens (including phenoxy) is 1. The number of rotatable bonds is 1. The molecule has 0 spiro atoms. The normalized spacial score (nSPS) is 14.1. The number of aromatic hydroxyl groups is 1. The monoisotopic (exact) mass is 164 g/mol. The molecule has 0 aliphatic carbocycles. The molecule has 1 aliphatic heterocycles. The van der Waals surface area contributed by atoms with Crippen LogP contribution in [0.5, 0.6) is 11.5 Å². The van der Waals surface area contributed by atoms with E-state index in [-0.39, 0.29) is 0 Å². The molecule has 0 amide bonds. The molecular formula is C10H12O2. The van der Waals surface area contributed by atoms with Crippen molar-refractivity contribution in [1.82, 2.24) is 0 Å². The summed E-state index contributed by atoms with van der Waals surface area (Å²) in [4.78, 5) is 0. The molecule has 12 heavy (non-hydrogen) atoms. The molecule has 2 nitrogen and oxygen atoms in total. The van der Waals surface area contributed by atoms with Crippen LogP contribution >= 0.6 is 0 Å². The number of benzene rings is 1. The minimum atomic E-state index is 0.293. The molecule has 1 aliphatic rings. The maximum Gasteiger partial charge on any atom is 0.164 e. The fourth-order valence-corrected chi connectivity index (χ4v) is 1.56. The molecule has 1 heterocycles. The van der Waals surface area contributed by atoms with E-state index < -0.39 is 0 Å². The van der Waals surface area contributed by atoms with Gasteiger partial charge >= 0.3 is 0 Å². The second-order valence-electron chi connectivity index (χ2n) is 3.06. The molecule has 0 aromatic heterocycles. The molecule has 64 valence electrons. The van der Waals surface area contributed by atoms with Gasteiger partial charge in [0.1, 0.15) is 0 Å². The maximum atomic E-state index is 9.52. The van der Waals surface area contributed by atoms with E-state index in [9.17, 15) is 5.11 Å². The molecule has 2 heteroatoms. The van der Waals surface area contributed by atoms with Gasteiger partial charge < -0.3 is 9.84 Å². The Morgan fingerprint density at radius 2 is 2.33 bits per heavy atom. The van der Waals surface area contributed by atoms with Gasteiger partial charge in [0.2, 0.25) is 0 Å². The number of aryl methyl sites for hydroxylation is 1. The van der Waals surface area contributed by atoms with Crippen molar-refractivity contribution in [2.45, 2.75) is 19.8 Å². The summed E-state index contributed by atoms with van der Waals surface area (Å²) in [5.74, 6) is 0.981. The van der Waals surface area contributed by atoms with Crippen LogP contribution in [0.3, 0.4) is 0 Å². The van der Waals surface area contributed by atoms with E-state index in [4.69, 9.17) is 4.74 Å². The predicted octanol–water partition coefficient (Wildman–Crippen LogP) is 1.89. The van der Waals surface area contributed by atoms with Gasteiger partial charge in [0.05, 0.1) is 6.61 Å². The lowest BCUT2D eigenvalue weighted by Crippen LogP contribution is -1.86. The van der Waals surface area contributed by atoms with Crippen LogP contribution in [0.4, 0.5) is 0 Å². The minimum Gasteiger partial charge on any atom is -0.504 e. The first kappa shape index (κ1) is 7.47. The Balaban J connectivity index is 2.51. The first-order chi connectivity index (χ1) is 5.81. The summed E-state index contributed by atoms with van der Waals surface area (Å²) < 4.78 is 5.28. The highest BCUT2D eigenvalue weighted by Gasteiger charge is 2.16. The number of hydrogen-bond acceptors (Lipinski definition) is 2. The van der Waals surface area contributed by atoms with E-state index in [0.717, 1.165) is 18.4 Å². The molecule has 2 rings (SSSR count). The van der Waals surface area contributed by atoms with Gasteiger partial charge in [0.25, 0.3) is 0 Å². The Morgan fingerprint density at radius 1 is 1.50 bits per heavy atom. The van der Waals surface area contributed by atoms with Gasteiger partial charge in [0, 0.05) is 12.0 Å². The summed E-state index contributed by atoms with van der Waals surface area (Å²) in [6, 6.07) is 3.90. The fraction of sp³-hybridized carbons (Fsp3) is 0.400. The van der Waals surface area contributed by atoms with E-state index in [1.165, 1.54) is 5.56 Å². The molecule has 0 bridgehead atoms. The van der Waals surface area contributed by atoms with Gasteiger partial charge in [0.15, 0.2) is 11.5 Å². The maximum absolute atomic E-state index is 9.52. The van der Waals surface area contributed by atoms with Crippen molar-refractivity contribution in [1.29, 1.82) is 0 Å². The number of phenols is 1. The van der Waals surface area contributed by atoms with Gasteiger partial charge in [-0.25, -0.2) is 0 Å². The van der Waals surface area contributed by atoms with Crippen LogP contribution in [-0.4, -0.2) is 11.7 Å². The Morgan fingerprint density at radius 3 is 3.08 bits per heavy atom. The zero-order valence-electron chi connectivity index (χ0n) is 7.13. The summed E-state index contributed by atoms with van der Waals surface area (Å²) in [7, 11) is 0. The lowest BCUT2D eigenvalue weighted by atomic mass is 10.1. The van der Waals surface area contributed by atoms with Crippen molar-refractivity contribution in [3.05, 3.63) is 23.3 Å². The summed E-state index contributed by atoms with van der Waals surface area (Å²) in [6.45, 7) is 2.78. The summed E-state index contributed by atoms with van der Waals surface area (Å²) in [5, 5.41) is 9.52. The van der Waals surface area contributed by atoms with E-state index >= 15 is 0 Å². The highest BCUT2D eigenvalue weighted by molar-refractivity contribution is 5.50. The topological polar surface area (TPSA) is 29.5 Å². The van der Waals surface area contributed by atoms with Crippen LogP contribution in [0.1, 0.15) is 18.1 Å². The third-order valence-electron chi connectivity index (χ3n) is 2.23. The fourth-order valence-electron chi connectivity index (χ4n) is 1.56. The largest absolute Gasteiger partial charge is 0.504 e. The van der Waals surface area contributed by atoms with Crippen LogP contribution < -0.4 is 4.74 Å². The molecule has 1 N–H and O–H groups in total. The summed E-state index contributed by atoms with van der Waals surface area (Å²) in [6.07, 6.45) is 1.89. The highest BCUT2D eigenvalue weighted by Crippen LogP contribution is 2.35. The molecule has 0 atom stereocenters. The van der Waals surface area contributed by atoms with E-state index in [1.807, 2.05) is 0 Å². The molecule has 0 radical (unpaired) electrons. The van der Waals surface area contributed by atoms with Crippen LogP contribution in [0.25, 0.3) is 0 Å². The zero-order valence-corrected chi connectivity index (χ0v) is 7.13. The average Bonchev–Trinajstić information content (AvgIpc) is 2.52. The van der Waals surface area contributed by atoms with Crippen molar-refractivity contribution in [2.24, 2.45) is 0 Å². The lowest BCUT2D eigenvalue weighted by Gasteiger charge is -2.04. The van der Waals surface area contributed by atoms with E-state index in [1.54, 1.807) is 6.07 Å². The Bertz CT molecular complexity index is 305. The Hall–Kier alpha value is -1.18. The minimum absolute atomic E-state index is 0.293. The molecule has 0 saturated heterocycles. The average molecular weight is 164 g/mol. The Kier molecular flexibility index (Phi) is 1.68. The van der Waals surface area contributed by atoms with Gasteiger partial charge in [-0.1, -0.05) is 13.0 Å². The molecule has 0 saturated carbocycles. The molecule has 1 aromatic carbocycles. The van der Waals surface area contributed by atoms with Crippen molar-refractivity contribution >= 4 is 0 Å². The van der Waals surface area contributed by atoms with Crippen molar-refractivity contribution in [3.63, 3.8) is 0 Å². The first-order valence-electron chi connectivity index (χ1n) is 4.29. The second kappa shape index (κ2) is 2.70. The SMILES string of the molecule is CCc1cc(O)c2c(c1)CCO2. The third kappa shape index (κ3) is 1.04. The first-order valence-corrected chi connectivity index (χ1v) is 4.29. The highest BCUT2D eigenvalue weighted by atomic mass is 16.5. The van der Waals surface area contributed by atoms with Crippen LogP contribution in [0, 0.1) is 0 Å². The van der Waals surface area contributed by atoms with E-state index in [2.05, 4.69) is 13.0 Å². The number of fused-ring (bicyclic) bond motifs is 1. The second-order valence-corrected chi connectivity index (χ2v) is 3.06. The molecule has 1 aromatic rings. The summed E-state index contributed by atoms with van der Waals surface area (Å²) in [5.41, 5.74) is 2.32. The molecule has 0 fully saturated rings. The number of phenolic OH excluding ortho intramolecular Hbond substituents is 1. The van der Waals surface area contributed by atoms with Gasteiger partial charge in [-0.15, -0.1) is 0 Å². The smallest absolute Gasteiger partial charge is 0.164 e. The van der Waals surface area contributed by atoms with Crippen LogP contribution in [0.15, 0.2) is 12.1 Å². The number of hydrogen-bond donors (Lipinski definition) is 1. The van der Waals surface area contributed by atoms with Crippen molar-refractivity contribution in [2.75, 3.05) is 6.61 Å². The Labute approximate surface area is 71.8 Å². The predicted molar refractivity (Wildman–Crippen MR) is 46.7 cm³/mol. The van der Waals surface area contributed by atoms with Crippen LogP contribution in [-0.2, 0) is 12.8 Å². The standard InChI is InChI=1S/C10H12O2/c1-2-7-5-8-3-4-12-10(8)9(11)6-7/h5-6,11H,2-4H2,1H3. The molecule has 0 unspecified atom stereocenters. The van der Waals surface area contributed by atoms with Crippen molar-refractivity contribution < 1.29 is 9.84 Å². The van der Waals surface area contributed by atoms with Crippen LogP contribution in [0.2, 0.25) is 0 Å². The quantitative estimate of drug-likeness (QED) is 0.686. The van der Waals surface area contributed by atoms with E-state index in [0.29, 0.717) is 18.1 Å². The third-order valence-corrected chi connectivity index (χ3v) is 2.23. The van der Waals surface area contributed by atoms with Gasteiger partial charge in [-0.2, -0.15) is 0 Å². The zero-order chi connectivity index (χ0) is 8.55. The lowest BCUT2D eigenvalue weighted by molar-refractivity contribution is 0.334.